The minimum atomic E-state index is -5.09. The Labute approximate surface area is 141 Å². The molecule has 0 spiro atoms. The SMILES string of the molecule is Cc1cccc(O)c1C(=O)NC(=O)Nc1ccc(S(=O)(=O)F)cc1F. The predicted molar refractivity (Wildman–Crippen MR) is 84.0 cm³/mol. The lowest BCUT2D eigenvalue weighted by molar-refractivity contribution is 0.0964. The number of anilines is 1. The highest BCUT2D eigenvalue weighted by molar-refractivity contribution is 7.86. The monoisotopic (exact) mass is 370 g/mol. The highest BCUT2D eigenvalue weighted by atomic mass is 32.3. The Balaban J connectivity index is 2.14. The number of urea groups is 1. The molecule has 0 aliphatic carbocycles. The van der Waals surface area contributed by atoms with Gasteiger partial charge in [0.05, 0.1) is 11.3 Å². The molecule has 0 saturated carbocycles. The van der Waals surface area contributed by atoms with Crippen molar-refractivity contribution in [1.29, 1.82) is 0 Å². The van der Waals surface area contributed by atoms with Crippen LogP contribution in [-0.2, 0) is 10.2 Å². The Kier molecular flexibility index (Phi) is 5.02. The number of amides is 3. The number of carbonyl (C=O) groups is 2. The maximum atomic E-state index is 13.7. The summed E-state index contributed by atoms with van der Waals surface area (Å²) in [5.41, 5.74) is -0.183. The summed E-state index contributed by atoms with van der Waals surface area (Å²) >= 11 is 0. The number of phenolic OH excluding ortho intramolecular Hbond substituents is 1. The van der Waals surface area contributed by atoms with Gasteiger partial charge < -0.3 is 10.4 Å². The van der Waals surface area contributed by atoms with Crippen molar-refractivity contribution in [3.8, 4) is 5.75 Å². The van der Waals surface area contributed by atoms with Crippen LogP contribution in [0.3, 0.4) is 0 Å². The molecule has 3 N–H and O–H groups in total. The van der Waals surface area contributed by atoms with Crippen LogP contribution in [0.5, 0.6) is 5.75 Å². The molecule has 0 aliphatic rings. The van der Waals surface area contributed by atoms with E-state index in [0.29, 0.717) is 11.6 Å². The molecule has 0 atom stereocenters. The van der Waals surface area contributed by atoms with Gasteiger partial charge in [-0.15, -0.1) is 3.89 Å². The molecule has 25 heavy (non-hydrogen) atoms. The first-order chi connectivity index (χ1) is 11.6. The molecule has 0 unspecified atom stereocenters. The van der Waals surface area contributed by atoms with E-state index in [4.69, 9.17) is 0 Å². The van der Waals surface area contributed by atoms with Crippen LogP contribution in [0.15, 0.2) is 41.3 Å². The van der Waals surface area contributed by atoms with E-state index in [-0.39, 0.29) is 11.3 Å². The van der Waals surface area contributed by atoms with Crippen LogP contribution in [0, 0.1) is 12.7 Å². The Bertz CT molecular complexity index is 940. The van der Waals surface area contributed by atoms with Crippen LogP contribution < -0.4 is 10.6 Å². The number of carbonyl (C=O) groups excluding carboxylic acids is 2. The van der Waals surface area contributed by atoms with Crippen LogP contribution in [0.4, 0.5) is 18.8 Å². The lowest BCUT2D eigenvalue weighted by Crippen LogP contribution is -2.35. The van der Waals surface area contributed by atoms with E-state index in [0.717, 1.165) is 12.1 Å². The van der Waals surface area contributed by atoms with Crippen molar-refractivity contribution in [1.82, 2.24) is 5.32 Å². The second-order valence-corrected chi connectivity index (χ2v) is 6.30. The maximum absolute atomic E-state index is 13.7. The summed E-state index contributed by atoms with van der Waals surface area (Å²) in [5.74, 6) is -2.47. The maximum Gasteiger partial charge on any atom is 0.332 e. The van der Waals surface area contributed by atoms with E-state index in [2.05, 4.69) is 0 Å². The van der Waals surface area contributed by atoms with Gasteiger partial charge in [0.15, 0.2) is 0 Å². The quantitative estimate of drug-likeness (QED) is 0.719. The predicted octanol–water partition coefficient (Wildman–Crippen LogP) is 2.46. The number of hydrogen-bond acceptors (Lipinski definition) is 5. The number of nitrogens with one attached hydrogen (secondary N) is 2. The molecule has 0 heterocycles. The topological polar surface area (TPSA) is 113 Å². The molecule has 0 aromatic heterocycles. The first-order valence-electron chi connectivity index (χ1n) is 6.74. The Morgan fingerprint density at radius 3 is 2.40 bits per heavy atom. The van der Waals surface area contributed by atoms with E-state index >= 15 is 0 Å². The first kappa shape index (κ1) is 18.3. The van der Waals surface area contributed by atoms with Gasteiger partial charge in [0.1, 0.15) is 16.5 Å². The first-order valence-corrected chi connectivity index (χ1v) is 8.13. The third kappa shape index (κ3) is 4.29. The normalized spacial score (nSPS) is 11.0. The largest absolute Gasteiger partial charge is 0.507 e. The number of rotatable bonds is 3. The van der Waals surface area contributed by atoms with Crippen molar-refractivity contribution in [3.05, 3.63) is 53.3 Å². The molecule has 0 fully saturated rings. The Hall–Kier alpha value is -3.01. The smallest absolute Gasteiger partial charge is 0.332 e. The van der Waals surface area contributed by atoms with Gasteiger partial charge in [0, 0.05) is 0 Å². The third-order valence-electron chi connectivity index (χ3n) is 3.18. The molecule has 0 saturated heterocycles. The number of hydrogen-bond donors (Lipinski definition) is 3. The molecule has 0 bridgehead atoms. The van der Waals surface area contributed by atoms with Crippen LogP contribution in [0.1, 0.15) is 15.9 Å². The highest BCUT2D eigenvalue weighted by Gasteiger charge is 2.19. The molecule has 2 aromatic rings. The van der Waals surface area contributed by atoms with E-state index in [1.807, 2.05) is 10.6 Å². The zero-order chi connectivity index (χ0) is 18.8. The van der Waals surface area contributed by atoms with Crippen molar-refractivity contribution in [2.45, 2.75) is 11.8 Å². The summed E-state index contributed by atoms with van der Waals surface area (Å²) in [7, 11) is -5.09. The zero-order valence-electron chi connectivity index (χ0n) is 12.7. The van der Waals surface area contributed by atoms with Gasteiger partial charge in [-0.2, -0.15) is 8.42 Å². The molecule has 0 aliphatic heterocycles. The molecular weight excluding hydrogens is 358 g/mol. The number of aromatic hydroxyl groups is 1. The molecule has 0 radical (unpaired) electrons. The van der Waals surface area contributed by atoms with Crippen molar-refractivity contribution in [2.75, 3.05) is 5.32 Å². The van der Waals surface area contributed by atoms with Gasteiger partial charge in [-0.25, -0.2) is 9.18 Å². The number of benzene rings is 2. The summed E-state index contributed by atoms with van der Waals surface area (Å²) in [5, 5.41) is 13.5. The average molecular weight is 370 g/mol. The fourth-order valence-electron chi connectivity index (χ4n) is 2.02. The van der Waals surface area contributed by atoms with Crippen molar-refractivity contribution in [2.24, 2.45) is 0 Å². The van der Waals surface area contributed by atoms with Crippen molar-refractivity contribution in [3.63, 3.8) is 0 Å². The van der Waals surface area contributed by atoms with Gasteiger partial charge in [-0.1, -0.05) is 12.1 Å². The molecule has 7 nitrogen and oxygen atoms in total. The van der Waals surface area contributed by atoms with Crippen molar-refractivity contribution >= 4 is 27.8 Å². The Morgan fingerprint density at radius 1 is 1.16 bits per heavy atom. The Morgan fingerprint density at radius 2 is 1.84 bits per heavy atom. The van der Waals surface area contributed by atoms with E-state index in [1.54, 1.807) is 13.0 Å². The number of aryl methyl sites for hydroxylation is 1. The summed E-state index contributed by atoms with van der Waals surface area (Å²) in [6, 6.07) is 5.16. The summed E-state index contributed by atoms with van der Waals surface area (Å²) in [6.45, 7) is 1.54. The fraction of sp³-hybridized carbons (Fsp3) is 0.0667. The zero-order valence-corrected chi connectivity index (χ0v) is 13.5. The third-order valence-corrected chi connectivity index (χ3v) is 3.99. The fourth-order valence-corrected chi connectivity index (χ4v) is 2.49. The molecule has 132 valence electrons. The number of imide groups is 1. The average Bonchev–Trinajstić information content (AvgIpc) is 2.48. The summed E-state index contributed by atoms with van der Waals surface area (Å²) < 4.78 is 47.9. The number of halogens is 2. The van der Waals surface area contributed by atoms with Crippen LogP contribution in [-0.4, -0.2) is 25.5 Å². The minimum Gasteiger partial charge on any atom is -0.507 e. The van der Waals surface area contributed by atoms with Crippen LogP contribution >= 0.6 is 0 Å². The second-order valence-electron chi connectivity index (χ2n) is 4.96. The lowest BCUT2D eigenvalue weighted by atomic mass is 10.1. The minimum absolute atomic E-state index is 0.128. The molecule has 2 aromatic carbocycles. The van der Waals surface area contributed by atoms with Gasteiger partial charge in [0.2, 0.25) is 0 Å². The van der Waals surface area contributed by atoms with Gasteiger partial charge in [-0.3, -0.25) is 10.1 Å². The van der Waals surface area contributed by atoms with Crippen molar-refractivity contribution < 1.29 is 31.4 Å². The van der Waals surface area contributed by atoms with Gasteiger partial charge >= 0.3 is 16.3 Å². The van der Waals surface area contributed by atoms with E-state index in [1.165, 1.54) is 12.1 Å². The molecule has 2 rings (SSSR count). The lowest BCUT2D eigenvalue weighted by Gasteiger charge is -2.10. The standard InChI is InChI=1S/C15H12F2N2O5S/c1-8-3-2-4-12(20)13(8)14(21)19-15(22)18-11-6-5-9(7-10(11)16)25(17,23)24/h2-7,20H,1H3,(H2,18,19,21,22). The second kappa shape index (κ2) is 6.85. The molecule has 3 amide bonds. The van der Waals surface area contributed by atoms with E-state index in [9.17, 15) is 31.4 Å². The number of phenols is 1. The van der Waals surface area contributed by atoms with Gasteiger partial charge in [0.25, 0.3) is 5.91 Å². The summed E-state index contributed by atoms with van der Waals surface area (Å²) in [6.07, 6.45) is 0. The van der Waals surface area contributed by atoms with E-state index < -0.39 is 38.6 Å². The highest BCUT2D eigenvalue weighted by Crippen LogP contribution is 2.21. The van der Waals surface area contributed by atoms with Crippen LogP contribution in [0.2, 0.25) is 0 Å². The molecule has 10 heteroatoms. The van der Waals surface area contributed by atoms with Gasteiger partial charge in [-0.05, 0) is 36.8 Å². The summed E-state index contributed by atoms with van der Waals surface area (Å²) in [4.78, 5) is 22.9. The van der Waals surface area contributed by atoms with Crippen LogP contribution in [0.25, 0.3) is 0 Å². The molecular formula is C15H12F2N2O5S.